The molecule has 0 aliphatic heterocycles. The van der Waals surface area contributed by atoms with Crippen LogP contribution in [0.2, 0.25) is 10.0 Å². The molecule has 0 aliphatic carbocycles. The zero-order chi connectivity index (χ0) is 14.8. The number of benzene rings is 2. The van der Waals surface area contributed by atoms with Gasteiger partial charge in [0.2, 0.25) is 0 Å². The van der Waals surface area contributed by atoms with Crippen LogP contribution in [0.3, 0.4) is 0 Å². The molecule has 0 unspecified atom stereocenters. The molecule has 1 heterocycles. The highest BCUT2D eigenvalue weighted by atomic mass is 35.5. The number of aromatic nitrogens is 1. The summed E-state index contributed by atoms with van der Waals surface area (Å²) in [6.07, 6.45) is 0. The summed E-state index contributed by atoms with van der Waals surface area (Å²) in [5.41, 5.74) is 2.53. The van der Waals surface area contributed by atoms with Crippen molar-refractivity contribution in [1.82, 2.24) is 4.98 Å². The molecule has 1 aromatic heterocycles. The summed E-state index contributed by atoms with van der Waals surface area (Å²) in [6, 6.07) is 11.9. The topological polar surface area (TPSA) is 24.9 Å². The minimum Gasteiger partial charge on any atom is -0.331 e. The Labute approximate surface area is 135 Å². The lowest BCUT2D eigenvalue weighted by Crippen LogP contribution is -1.90. The number of anilines is 2. The maximum Gasteiger partial charge on any atom is 0.187 e. The van der Waals surface area contributed by atoms with Gasteiger partial charge in [-0.2, -0.15) is 0 Å². The Balaban J connectivity index is 1.81. The Morgan fingerprint density at radius 1 is 1.05 bits per heavy atom. The monoisotopic (exact) mass is 338 g/mol. The van der Waals surface area contributed by atoms with Crippen LogP contribution in [0.5, 0.6) is 0 Å². The smallest absolute Gasteiger partial charge is 0.187 e. The second kappa shape index (κ2) is 6.02. The number of rotatable bonds is 3. The van der Waals surface area contributed by atoms with Gasteiger partial charge in [-0.3, -0.25) is 0 Å². The van der Waals surface area contributed by atoms with Gasteiger partial charge in [0.25, 0.3) is 0 Å². The van der Waals surface area contributed by atoms with Crippen molar-refractivity contribution in [2.24, 2.45) is 0 Å². The van der Waals surface area contributed by atoms with E-state index >= 15 is 0 Å². The Morgan fingerprint density at radius 2 is 1.81 bits per heavy atom. The van der Waals surface area contributed by atoms with Crippen LogP contribution in [-0.4, -0.2) is 4.98 Å². The lowest BCUT2D eigenvalue weighted by atomic mass is 10.2. The first-order valence-corrected chi connectivity index (χ1v) is 7.69. The number of halogens is 3. The quantitative estimate of drug-likeness (QED) is 0.633. The van der Waals surface area contributed by atoms with Crippen LogP contribution in [0.1, 0.15) is 0 Å². The van der Waals surface area contributed by atoms with Crippen LogP contribution < -0.4 is 5.32 Å². The summed E-state index contributed by atoms with van der Waals surface area (Å²) in [5.74, 6) is -0.441. The first-order chi connectivity index (χ1) is 10.1. The molecule has 0 spiro atoms. The molecule has 106 valence electrons. The van der Waals surface area contributed by atoms with Crippen LogP contribution in [0.4, 0.5) is 15.2 Å². The lowest BCUT2D eigenvalue weighted by molar-refractivity contribution is 0.628. The first kappa shape index (κ1) is 14.3. The third-order valence-electron chi connectivity index (χ3n) is 2.82. The van der Waals surface area contributed by atoms with E-state index in [4.69, 9.17) is 23.2 Å². The minimum absolute atomic E-state index is 0.0782. The molecule has 6 heteroatoms. The zero-order valence-corrected chi connectivity index (χ0v) is 12.9. The van der Waals surface area contributed by atoms with E-state index in [9.17, 15) is 4.39 Å². The molecule has 0 atom stereocenters. The largest absolute Gasteiger partial charge is 0.331 e. The molecule has 0 bridgehead atoms. The summed E-state index contributed by atoms with van der Waals surface area (Å²) >= 11 is 13.1. The third kappa shape index (κ3) is 3.35. The van der Waals surface area contributed by atoms with Gasteiger partial charge in [0.15, 0.2) is 5.13 Å². The fraction of sp³-hybridized carbons (Fsp3) is 0. The Bertz CT molecular complexity index is 772. The van der Waals surface area contributed by atoms with Gasteiger partial charge in [-0.25, -0.2) is 9.37 Å². The molecule has 21 heavy (non-hydrogen) atoms. The maximum absolute atomic E-state index is 13.1. The van der Waals surface area contributed by atoms with E-state index in [1.54, 1.807) is 6.07 Å². The van der Waals surface area contributed by atoms with Gasteiger partial charge in [-0.05, 0) is 30.3 Å². The van der Waals surface area contributed by atoms with Crippen molar-refractivity contribution >= 4 is 45.4 Å². The number of hydrogen-bond donors (Lipinski definition) is 1. The van der Waals surface area contributed by atoms with Crippen LogP contribution >= 0.6 is 34.5 Å². The van der Waals surface area contributed by atoms with E-state index in [2.05, 4.69) is 10.3 Å². The standard InChI is InChI=1S/C15H9Cl2FN2S/c16-10-3-1-9(2-4-10)14-8-21-15(20-14)19-11-5-6-13(18)12(17)7-11/h1-8H,(H,19,20). The molecule has 2 nitrogen and oxygen atoms in total. The Hall–Kier alpha value is -1.62. The molecular formula is C15H9Cl2FN2S. The molecule has 3 aromatic rings. The van der Waals surface area contributed by atoms with Crippen LogP contribution in [-0.2, 0) is 0 Å². The highest BCUT2D eigenvalue weighted by Gasteiger charge is 2.06. The van der Waals surface area contributed by atoms with Gasteiger partial charge in [-0.1, -0.05) is 35.3 Å². The highest BCUT2D eigenvalue weighted by Crippen LogP contribution is 2.29. The normalized spacial score (nSPS) is 10.6. The molecular weight excluding hydrogens is 330 g/mol. The SMILES string of the molecule is Fc1ccc(Nc2nc(-c3ccc(Cl)cc3)cs2)cc1Cl. The lowest BCUT2D eigenvalue weighted by Gasteiger charge is -2.03. The van der Waals surface area contributed by atoms with Crippen molar-refractivity contribution in [3.63, 3.8) is 0 Å². The average Bonchev–Trinajstić information content (AvgIpc) is 2.92. The average molecular weight is 339 g/mol. The predicted octanol–water partition coefficient (Wildman–Crippen LogP) is 6.00. The van der Waals surface area contributed by atoms with Crippen molar-refractivity contribution in [3.8, 4) is 11.3 Å². The van der Waals surface area contributed by atoms with Crippen LogP contribution in [0, 0.1) is 5.82 Å². The zero-order valence-electron chi connectivity index (χ0n) is 10.6. The molecule has 3 rings (SSSR count). The number of nitrogens with zero attached hydrogens (tertiary/aromatic N) is 1. The van der Waals surface area contributed by atoms with Gasteiger partial charge in [0, 0.05) is 21.7 Å². The predicted molar refractivity (Wildman–Crippen MR) is 87.3 cm³/mol. The van der Waals surface area contributed by atoms with E-state index in [-0.39, 0.29) is 5.02 Å². The highest BCUT2D eigenvalue weighted by molar-refractivity contribution is 7.14. The van der Waals surface area contributed by atoms with E-state index in [0.717, 1.165) is 11.3 Å². The van der Waals surface area contributed by atoms with Gasteiger partial charge < -0.3 is 5.32 Å². The third-order valence-corrected chi connectivity index (χ3v) is 4.11. The molecule has 1 N–H and O–H groups in total. The molecule has 0 fully saturated rings. The van der Waals surface area contributed by atoms with E-state index in [1.807, 2.05) is 29.6 Å². The molecule has 0 radical (unpaired) electrons. The first-order valence-electron chi connectivity index (χ1n) is 6.05. The van der Waals surface area contributed by atoms with E-state index < -0.39 is 5.82 Å². The Morgan fingerprint density at radius 3 is 2.52 bits per heavy atom. The summed E-state index contributed by atoms with van der Waals surface area (Å²) in [7, 11) is 0. The summed E-state index contributed by atoms with van der Waals surface area (Å²) in [4.78, 5) is 4.49. The van der Waals surface area contributed by atoms with Crippen LogP contribution in [0.25, 0.3) is 11.3 Å². The molecule has 0 saturated carbocycles. The molecule has 0 amide bonds. The Kier molecular flexibility index (Phi) is 4.10. The van der Waals surface area contributed by atoms with Gasteiger partial charge >= 0.3 is 0 Å². The molecule has 2 aromatic carbocycles. The second-order valence-corrected chi connectivity index (χ2v) is 6.00. The minimum atomic E-state index is -0.441. The van der Waals surface area contributed by atoms with Crippen molar-refractivity contribution in [2.45, 2.75) is 0 Å². The fourth-order valence-corrected chi connectivity index (χ4v) is 2.83. The van der Waals surface area contributed by atoms with Crippen molar-refractivity contribution < 1.29 is 4.39 Å². The number of nitrogens with one attached hydrogen (secondary N) is 1. The second-order valence-electron chi connectivity index (χ2n) is 4.30. The van der Waals surface area contributed by atoms with Gasteiger partial charge in [0.1, 0.15) is 5.82 Å². The number of thiazole rings is 1. The van der Waals surface area contributed by atoms with E-state index in [0.29, 0.717) is 15.8 Å². The van der Waals surface area contributed by atoms with Crippen molar-refractivity contribution in [1.29, 1.82) is 0 Å². The maximum atomic E-state index is 13.1. The molecule has 0 aliphatic rings. The summed E-state index contributed by atoms with van der Waals surface area (Å²) in [6.45, 7) is 0. The van der Waals surface area contributed by atoms with E-state index in [1.165, 1.54) is 23.5 Å². The van der Waals surface area contributed by atoms with Crippen molar-refractivity contribution in [2.75, 3.05) is 5.32 Å². The van der Waals surface area contributed by atoms with Crippen LogP contribution in [0.15, 0.2) is 47.8 Å². The molecule has 0 saturated heterocycles. The van der Waals surface area contributed by atoms with Crippen molar-refractivity contribution in [3.05, 3.63) is 63.7 Å². The number of hydrogen-bond acceptors (Lipinski definition) is 3. The van der Waals surface area contributed by atoms with Gasteiger partial charge in [0.05, 0.1) is 10.7 Å². The summed E-state index contributed by atoms with van der Waals surface area (Å²) < 4.78 is 13.1. The van der Waals surface area contributed by atoms with Gasteiger partial charge in [-0.15, -0.1) is 11.3 Å². The fourth-order valence-electron chi connectivity index (χ4n) is 1.78. The summed E-state index contributed by atoms with van der Waals surface area (Å²) in [5, 5.41) is 6.52.